The Morgan fingerprint density at radius 1 is 1.18 bits per heavy atom. The van der Waals surface area contributed by atoms with Gasteiger partial charge in [0.2, 0.25) is 5.82 Å². The van der Waals surface area contributed by atoms with Crippen molar-refractivity contribution < 1.29 is 9.53 Å². The first-order chi connectivity index (χ1) is 16.4. The van der Waals surface area contributed by atoms with Gasteiger partial charge in [0.25, 0.3) is 5.91 Å². The molecule has 2 aliphatic rings. The van der Waals surface area contributed by atoms with Crippen LogP contribution in [0.4, 0.5) is 0 Å². The molecule has 0 radical (unpaired) electrons. The third-order valence-corrected chi connectivity index (χ3v) is 8.23. The monoisotopic (exact) mass is 475 g/mol. The zero-order valence-electron chi connectivity index (χ0n) is 19.9. The highest BCUT2D eigenvalue weighted by Gasteiger charge is 2.32. The number of carbonyl (C=O) groups excluding carboxylic acids is 1. The molecule has 0 saturated carbocycles. The van der Waals surface area contributed by atoms with E-state index in [2.05, 4.69) is 49.3 Å². The Morgan fingerprint density at radius 2 is 1.94 bits per heavy atom. The first-order valence-electron chi connectivity index (χ1n) is 12.0. The lowest BCUT2D eigenvalue weighted by molar-refractivity contribution is -0.0379. The number of likely N-dealkylation sites (tertiary alicyclic amines) is 1. The second-order valence-corrected chi connectivity index (χ2v) is 11.2. The van der Waals surface area contributed by atoms with E-state index in [1.807, 2.05) is 11.8 Å². The van der Waals surface area contributed by atoms with E-state index in [4.69, 9.17) is 14.7 Å². The van der Waals surface area contributed by atoms with Crippen LogP contribution in [-0.2, 0) is 24.2 Å². The number of piperidine rings is 1. The quantitative estimate of drug-likeness (QED) is 0.433. The number of fused-ring (bicyclic) bond motifs is 5. The van der Waals surface area contributed by atoms with Gasteiger partial charge in [0, 0.05) is 24.4 Å². The number of aryl methyl sites for hydroxylation is 1. The van der Waals surface area contributed by atoms with Gasteiger partial charge in [0.1, 0.15) is 10.7 Å². The van der Waals surface area contributed by atoms with Gasteiger partial charge in [-0.1, -0.05) is 30.3 Å². The normalized spacial score (nSPS) is 18.5. The van der Waals surface area contributed by atoms with Crippen molar-refractivity contribution in [3.05, 3.63) is 58.0 Å². The SMILES string of the molecule is Cc1nc2sc3c(c2c2nc(C(=O)N4CCC(Cc5ccccc5)CC4)nn12)CC(C)(C)OC3. The third-order valence-electron chi connectivity index (χ3n) is 7.13. The Labute approximate surface area is 202 Å². The molecule has 8 heteroatoms. The summed E-state index contributed by atoms with van der Waals surface area (Å²) in [7, 11) is 0. The molecule has 0 N–H and O–H groups in total. The number of aromatic nitrogens is 4. The molecule has 1 amide bonds. The molecule has 1 aromatic carbocycles. The minimum absolute atomic E-state index is 0.0813. The molecule has 0 aliphatic carbocycles. The Balaban J connectivity index is 1.27. The topological polar surface area (TPSA) is 72.6 Å². The van der Waals surface area contributed by atoms with Gasteiger partial charge in [-0.2, -0.15) is 4.52 Å². The van der Waals surface area contributed by atoms with Crippen LogP contribution in [0.3, 0.4) is 0 Å². The van der Waals surface area contributed by atoms with Gasteiger partial charge >= 0.3 is 0 Å². The van der Waals surface area contributed by atoms with E-state index >= 15 is 0 Å². The number of nitrogens with zero attached hydrogens (tertiary/aromatic N) is 5. The molecule has 176 valence electrons. The molecule has 0 spiro atoms. The molecule has 0 atom stereocenters. The number of benzene rings is 1. The average Bonchev–Trinajstić information content (AvgIpc) is 3.41. The summed E-state index contributed by atoms with van der Waals surface area (Å²) in [5.74, 6) is 1.54. The van der Waals surface area contributed by atoms with Crippen molar-refractivity contribution in [3.8, 4) is 0 Å². The van der Waals surface area contributed by atoms with Crippen molar-refractivity contribution in [1.82, 2.24) is 24.5 Å². The number of amides is 1. The maximum Gasteiger partial charge on any atom is 0.293 e. The summed E-state index contributed by atoms with van der Waals surface area (Å²) in [6, 6.07) is 10.6. The molecule has 0 bridgehead atoms. The summed E-state index contributed by atoms with van der Waals surface area (Å²) < 4.78 is 7.75. The fraction of sp³-hybridized carbons (Fsp3) is 0.462. The van der Waals surface area contributed by atoms with Gasteiger partial charge in [-0.15, -0.1) is 16.4 Å². The summed E-state index contributed by atoms with van der Waals surface area (Å²) in [6.07, 6.45) is 3.88. The summed E-state index contributed by atoms with van der Waals surface area (Å²) in [5.41, 5.74) is 3.11. The maximum absolute atomic E-state index is 13.4. The lowest BCUT2D eigenvalue weighted by Crippen LogP contribution is -2.39. The Bertz CT molecular complexity index is 1380. The zero-order chi connectivity index (χ0) is 23.4. The highest BCUT2D eigenvalue weighted by atomic mass is 32.1. The van der Waals surface area contributed by atoms with Gasteiger partial charge in [-0.05, 0) is 57.1 Å². The number of carbonyl (C=O) groups is 1. The molecule has 5 heterocycles. The first kappa shape index (κ1) is 21.7. The summed E-state index contributed by atoms with van der Waals surface area (Å²) in [6.45, 7) is 8.22. The van der Waals surface area contributed by atoms with E-state index in [-0.39, 0.29) is 17.3 Å². The second-order valence-electron chi connectivity index (χ2n) is 10.2. The van der Waals surface area contributed by atoms with Crippen LogP contribution in [0.25, 0.3) is 15.9 Å². The van der Waals surface area contributed by atoms with Crippen LogP contribution in [0, 0.1) is 12.8 Å². The lowest BCUT2D eigenvalue weighted by Gasteiger charge is -2.31. The van der Waals surface area contributed by atoms with Crippen molar-refractivity contribution in [2.75, 3.05) is 13.1 Å². The molecule has 1 fully saturated rings. The van der Waals surface area contributed by atoms with E-state index < -0.39 is 0 Å². The molecule has 0 unspecified atom stereocenters. The molecule has 1 saturated heterocycles. The van der Waals surface area contributed by atoms with Crippen LogP contribution < -0.4 is 0 Å². The van der Waals surface area contributed by atoms with Crippen molar-refractivity contribution >= 4 is 33.1 Å². The van der Waals surface area contributed by atoms with Crippen LogP contribution in [0.2, 0.25) is 0 Å². The van der Waals surface area contributed by atoms with Crippen molar-refractivity contribution in [2.45, 2.75) is 58.7 Å². The Kier molecular flexibility index (Phi) is 5.18. The van der Waals surface area contributed by atoms with E-state index in [0.29, 0.717) is 12.5 Å². The smallest absolute Gasteiger partial charge is 0.293 e. The molecule has 3 aromatic heterocycles. The highest BCUT2D eigenvalue weighted by Crippen LogP contribution is 2.39. The summed E-state index contributed by atoms with van der Waals surface area (Å²) in [5, 5.41) is 5.64. The fourth-order valence-corrected chi connectivity index (χ4v) is 6.40. The van der Waals surface area contributed by atoms with E-state index in [9.17, 15) is 4.79 Å². The van der Waals surface area contributed by atoms with Gasteiger partial charge in [-0.3, -0.25) is 4.79 Å². The number of hydrogen-bond donors (Lipinski definition) is 0. The number of hydrogen-bond acceptors (Lipinski definition) is 6. The fourth-order valence-electron chi connectivity index (χ4n) is 5.26. The largest absolute Gasteiger partial charge is 0.370 e. The summed E-state index contributed by atoms with van der Waals surface area (Å²) >= 11 is 1.66. The van der Waals surface area contributed by atoms with Gasteiger partial charge in [-0.25, -0.2) is 9.97 Å². The van der Waals surface area contributed by atoms with Crippen molar-refractivity contribution in [1.29, 1.82) is 0 Å². The van der Waals surface area contributed by atoms with Crippen molar-refractivity contribution in [3.63, 3.8) is 0 Å². The van der Waals surface area contributed by atoms with Crippen LogP contribution in [0.15, 0.2) is 30.3 Å². The second kappa shape index (κ2) is 8.13. The predicted octanol–water partition coefficient (Wildman–Crippen LogP) is 4.59. The predicted molar refractivity (Wildman–Crippen MR) is 132 cm³/mol. The molecule has 4 aromatic rings. The van der Waals surface area contributed by atoms with Crippen LogP contribution >= 0.6 is 11.3 Å². The van der Waals surface area contributed by atoms with Gasteiger partial charge in [0.05, 0.1) is 17.6 Å². The zero-order valence-corrected chi connectivity index (χ0v) is 20.7. The average molecular weight is 476 g/mol. The molecule has 2 aliphatic heterocycles. The van der Waals surface area contributed by atoms with E-state index in [0.717, 1.165) is 60.5 Å². The lowest BCUT2D eigenvalue weighted by atomic mass is 9.90. The molecular formula is C26H29N5O2S. The van der Waals surface area contributed by atoms with E-state index in [1.54, 1.807) is 15.9 Å². The molecule has 6 rings (SSSR count). The van der Waals surface area contributed by atoms with Crippen molar-refractivity contribution in [2.24, 2.45) is 5.92 Å². The van der Waals surface area contributed by atoms with Crippen LogP contribution in [-0.4, -0.2) is 49.1 Å². The van der Waals surface area contributed by atoms with Crippen LogP contribution in [0.1, 0.15) is 59.1 Å². The Morgan fingerprint density at radius 3 is 2.71 bits per heavy atom. The van der Waals surface area contributed by atoms with Gasteiger partial charge in [0.15, 0.2) is 5.65 Å². The van der Waals surface area contributed by atoms with E-state index in [1.165, 1.54) is 16.0 Å². The first-order valence-corrected chi connectivity index (χ1v) is 12.8. The minimum atomic E-state index is -0.231. The minimum Gasteiger partial charge on any atom is -0.370 e. The van der Waals surface area contributed by atoms with Gasteiger partial charge < -0.3 is 9.64 Å². The third kappa shape index (κ3) is 3.79. The number of rotatable bonds is 3. The molecule has 7 nitrogen and oxygen atoms in total. The molecule has 34 heavy (non-hydrogen) atoms. The Hall–Kier alpha value is -2.84. The molecular weight excluding hydrogens is 446 g/mol. The highest BCUT2D eigenvalue weighted by molar-refractivity contribution is 7.19. The summed E-state index contributed by atoms with van der Waals surface area (Å²) in [4.78, 5) is 27.0. The standard InChI is InChI=1S/C26H29N5O2S/c1-16-27-24-21(19-14-26(2,3)33-15-20(19)34-24)23-28-22(29-31(16)23)25(32)30-11-9-18(10-12-30)13-17-7-5-4-6-8-17/h4-8,18H,9-15H2,1-3H3. The maximum atomic E-state index is 13.4. The number of thiophene rings is 1. The van der Waals surface area contributed by atoms with Crippen LogP contribution in [0.5, 0.6) is 0 Å². The number of ether oxygens (including phenoxy) is 1.